The molecule has 3 aliphatic rings. The van der Waals surface area contributed by atoms with E-state index in [0.29, 0.717) is 0 Å². The monoisotopic (exact) mass is 934 g/mol. The molecule has 0 saturated carbocycles. The van der Waals surface area contributed by atoms with E-state index < -0.39 is 8.07 Å². The van der Waals surface area contributed by atoms with Gasteiger partial charge in [-0.15, -0.1) is 0 Å². The van der Waals surface area contributed by atoms with Crippen molar-refractivity contribution in [3.8, 4) is 22.3 Å². The van der Waals surface area contributed by atoms with Crippen molar-refractivity contribution in [2.45, 2.75) is 85.5 Å². The summed E-state index contributed by atoms with van der Waals surface area (Å²) in [5, 5.41) is 5.74. The standard InChI is InChI=1S/C67H63BN2Si/c1-44-37-60-64-61(38-44)70(57-36-34-47(66(5,6)7)40-53(57)45-23-14-11-15-24-45)59-42-54-52-31-20-21-32-62(52)71(50-27-16-12-17-28-50,51-29-18-13-19-30-51)63(54)43-56(59)68(64)55-35-33-48(67(8,9)10)41-58(55)69(60)49-26-22-25-46(39-49)65(2,3)4/h11-43H,1-10H3. The molecule has 0 bridgehead atoms. The normalized spacial score (nSPS) is 14.4. The number of hydrogen-bond donors (Lipinski definition) is 0. The van der Waals surface area contributed by atoms with Crippen molar-refractivity contribution < 1.29 is 0 Å². The molecule has 0 amide bonds. The Balaban J connectivity index is 1.25. The molecule has 0 radical (unpaired) electrons. The number of rotatable bonds is 5. The molecular formula is C67H63BN2Si. The number of benzene rings is 9. The summed E-state index contributed by atoms with van der Waals surface area (Å²) in [7, 11) is -2.86. The molecule has 0 saturated heterocycles. The van der Waals surface area contributed by atoms with Gasteiger partial charge in [0.1, 0.15) is 0 Å². The largest absolute Gasteiger partial charge is 0.311 e. The topological polar surface area (TPSA) is 6.48 Å². The van der Waals surface area contributed by atoms with Gasteiger partial charge in [-0.05, 0) is 148 Å². The summed E-state index contributed by atoms with van der Waals surface area (Å²) in [6.07, 6.45) is 0. The van der Waals surface area contributed by atoms with Crippen LogP contribution in [-0.2, 0) is 16.2 Å². The predicted octanol–water partition coefficient (Wildman–Crippen LogP) is 13.0. The molecule has 0 spiro atoms. The summed E-state index contributed by atoms with van der Waals surface area (Å²) in [5.41, 5.74) is 21.6. The van der Waals surface area contributed by atoms with E-state index >= 15 is 0 Å². The van der Waals surface area contributed by atoms with Gasteiger partial charge in [0.15, 0.2) is 8.07 Å². The van der Waals surface area contributed by atoms with Crippen LogP contribution in [0.1, 0.15) is 84.6 Å². The first-order valence-corrected chi connectivity index (χ1v) is 27.6. The lowest BCUT2D eigenvalue weighted by Crippen LogP contribution is -2.73. The van der Waals surface area contributed by atoms with Crippen LogP contribution < -0.4 is 46.9 Å². The van der Waals surface area contributed by atoms with Gasteiger partial charge >= 0.3 is 0 Å². The van der Waals surface area contributed by atoms with Crippen molar-refractivity contribution in [2.75, 3.05) is 9.80 Å². The van der Waals surface area contributed by atoms with Gasteiger partial charge in [0.2, 0.25) is 0 Å². The second-order valence-corrected chi connectivity index (χ2v) is 27.2. The second-order valence-electron chi connectivity index (χ2n) is 23.5. The molecule has 0 aliphatic carbocycles. The van der Waals surface area contributed by atoms with Gasteiger partial charge in [0.05, 0.1) is 5.69 Å². The van der Waals surface area contributed by atoms with Crippen molar-refractivity contribution in [3.63, 3.8) is 0 Å². The van der Waals surface area contributed by atoms with Crippen molar-refractivity contribution in [3.05, 3.63) is 222 Å². The van der Waals surface area contributed by atoms with Crippen LogP contribution in [-0.4, -0.2) is 14.8 Å². The van der Waals surface area contributed by atoms with Gasteiger partial charge in [-0.2, -0.15) is 0 Å². The second kappa shape index (κ2) is 16.2. The van der Waals surface area contributed by atoms with E-state index in [9.17, 15) is 0 Å². The minimum Gasteiger partial charge on any atom is -0.311 e. The Morgan fingerprint density at radius 1 is 0.366 bits per heavy atom. The van der Waals surface area contributed by atoms with Gasteiger partial charge in [-0.25, -0.2) is 0 Å². The molecular weight excluding hydrogens is 872 g/mol. The quantitative estimate of drug-likeness (QED) is 0.159. The molecule has 0 aromatic heterocycles. The molecule has 9 aromatic rings. The van der Waals surface area contributed by atoms with Crippen LogP contribution in [0.4, 0.5) is 34.1 Å². The Morgan fingerprint density at radius 2 is 0.915 bits per heavy atom. The zero-order chi connectivity index (χ0) is 49.2. The van der Waals surface area contributed by atoms with Crippen molar-refractivity contribution >= 4 is 86.0 Å². The number of hydrogen-bond acceptors (Lipinski definition) is 2. The Kier molecular flexibility index (Phi) is 10.3. The predicted molar refractivity (Wildman–Crippen MR) is 309 cm³/mol. The summed E-state index contributed by atoms with van der Waals surface area (Å²) < 4.78 is 0. The molecule has 348 valence electrons. The first kappa shape index (κ1) is 45.0. The number of nitrogens with zero attached hydrogens (tertiary/aromatic N) is 2. The SMILES string of the molecule is Cc1cc2c3c(c1)N(c1ccc(C(C)(C)C)cc1-c1ccccc1)c1cc4c(cc1B3c1ccc(C(C)(C)C)cc1N2c1cccc(C(C)(C)C)c1)[Si](c1ccccc1)(c1ccccc1)c1ccccc1-4. The van der Waals surface area contributed by atoms with E-state index in [1.54, 1.807) is 0 Å². The maximum absolute atomic E-state index is 2.86. The molecule has 12 rings (SSSR count). The molecule has 2 nitrogen and oxygen atoms in total. The Bertz CT molecular complexity index is 3520. The Morgan fingerprint density at radius 3 is 1.56 bits per heavy atom. The minimum atomic E-state index is -2.86. The van der Waals surface area contributed by atoms with Gasteiger partial charge in [0, 0.05) is 34.0 Å². The van der Waals surface area contributed by atoms with Crippen molar-refractivity contribution in [1.29, 1.82) is 0 Å². The first-order chi connectivity index (χ1) is 34.0. The average Bonchev–Trinajstić information content (AvgIpc) is 3.65. The molecule has 9 aromatic carbocycles. The maximum atomic E-state index is 2.71. The van der Waals surface area contributed by atoms with E-state index in [0.717, 1.165) is 0 Å². The molecule has 3 heterocycles. The Hall–Kier alpha value is -7.14. The maximum Gasteiger partial charge on any atom is 0.252 e. The lowest BCUT2D eigenvalue weighted by atomic mass is 9.33. The highest BCUT2D eigenvalue weighted by molar-refractivity contribution is 7.22. The van der Waals surface area contributed by atoms with Crippen molar-refractivity contribution in [1.82, 2.24) is 0 Å². The fraction of sp³-hybridized carbons (Fsp3) is 0.194. The van der Waals surface area contributed by atoms with Crippen LogP contribution in [0.25, 0.3) is 22.3 Å². The summed E-state index contributed by atoms with van der Waals surface area (Å²) >= 11 is 0. The smallest absolute Gasteiger partial charge is 0.252 e. The third kappa shape index (κ3) is 7.04. The highest BCUT2D eigenvalue weighted by Crippen LogP contribution is 2.49. The summed E-state index contributed by atoms with van der Waals surface area (Å²) in [6.45, 7) is 23.3. The van der Waals surface area contributed by atoms with Crippen molar-refractivity contribution in [2.24, 2.45) is 0 Å². The molecule has 4 heteroatoms. The molecule has 71 heavy (non-hydrogen) atoms. The number of aryl methyl sites for hydroxylation is 1. The van der Waals surface area contributed by atoms with Crippen LogP contribution in [0.5, 0.6) is 0 Å². The van der Waals surface area contributed by atoms with Crippen LogP contribution in [0.3, 0.4) is 0 Å². The Labute approximate surface area is 423 Å². The fourth-order valence-corrected chi connectivity index (χ4v) is 17.4. The highest BCUT2D eigenvalue weighted by Gasteiger charge is 2.52. The summed E-state index contributed by atoms with van der Waals surface area (Å²) in [5.74, 6) is 0. The van der Waals surface area contributed by atoms with Gasteiger partial charge < -0.3 is 9.80 Å². The van der Waals surface area contributed by atoms with E-state index in [-0.39, 0.29) is 23.0 Å². The summed E-state index contributed by atoms with van der Waals surface area (Å²) in [6, 6.07) is 77.7. The highest BCUT2D eigenvalue weighted by atomic mass is 28.3. The average molecular weight is 935 g/mol. The lowest BCUT2D eigenvalue weighted by molar-refractivity contribution is 0.590. The third-order valence-corrected chi connectivity index (χ3v) is 20.7. The van der Waals surface area contributed by atoms with E-state index in [2.05, 4.69) is 279 Å². The van der Waals surface area contributed by atoms with Gasteiger partial charge in [-0.3, -0.25) is 0 Å². The molecule has 0 unspecified atom stereocenters. The third-order valence-electron chi connectivity index (χ3n) is 15.8. The van der Waals surface area contributed by atoms with E-state index in [1.807, 2.05) is 0 Å². The molecule has 0 N–H and O–H groups in total. The summed E-state index contributed by atoms with van der Waals surface area (Å²) in [4.78, 5) is 5.28. The zero-order valence-electron chi connectivity index (χ0n) is 43.0. The minimum absolute atomic E-state index is 0.0227. The first-order valence-electron chi connectivity index (χ1n) is 25.6. The molecule has 3 aliphatic heterocycles. The van der Waals surface area contributed by atoms with E-state index in [1.165, 1.54) is 116 Å². The fourth-order valence-electron chi connectivity index (χ4n) is 12.2. The number of anilines is 6. The van der Waals surface area contributed by atoms with Crippen LogP contribution in [0, 0.1) is 6.92 Å². The van der Waals surface area contributed by atoms with Crippen LogP contribution in [0.2, 0.25) is 0 Å². The van der Waals surface area contributed by atoms with E-state index in [4.69, 9.17) is 0 Å². The lowest BCUT2D eigenvalue weighted by Gasteiger charge is -2.45. The number of fused-ring (bicyclic) bond motifs is 7. The zero-order valence-corrected chi connectivity index (χ0v) is 44.0. The van der Waals surface area contributed by atoms with Gasteiger partial charge in [-0.1, -0.05) is 214 Å². The van der Waals surface area contributed by atoms with Gasteiger partial charge in [0.25, 0.3) is 6.71 Å². The van der Waals surface area contributed by atoms with Crippen LogP contribution >= 0.6 is 0 Å². The van der Waals surface area contributed by atoms with Crippen LogP contribution in [0.15, 0.2) is 200 Å². The molecule has 0 atom stereocenters. The molecule has 0 fully saturated rings.